The summed E-state index contributed by atoms with van der Waals surface area (Å²) in [5.41, 5.74) is 7.48. The van der Waals surface area contributed by atoms with Gasteiger partial charge in [-0.3, -0.25) is 39.1 Å². The number of hydrogen-bond acceptors (Lipinski definition) is 14. The molecule has 15 aromatic rings. The van der Waals surface area contributed by atoms with Crippen LogP contribution in [0.1, 0.15) is 228 Å². The highest BCUT2D eigenvalue weighted by atomic mass is 16.5. The number of benzene rings is 9. The number of pyridine rings is 6. The van der Waals surface area contributed by atoms with Crippen molar-refractivity contribution in [1.29, 1.82) is 0 Å². The minimum absolute atomic E-state index is 0.0158. The molecule has 17 rings (SSSR count). The van der Waals surface area contributed by atoms with Gasteiger partial charge in [-0.1, -0.05) is 211 Å². The Balaban J connectivity index is 1.03. The maximum atomic E-state index is 17.1. The third kappa shape index (κ3) is 16.7. The van der Waals surface area contributed by atoms with Gasteiger partial charge in [-0.25, -0.2) is 19.8 Å². The molecule has 0 N–H and O–H groups in total. The molecule has 16 heteroatoms. The Bertz CT molecular complexity index is 5980. The number of carbonyl (C=O) groups excluding carboxylic acids is 4. The lowest BCUT2D eigenvalue weighted by Gasteiger charge is -2.33. The van der Waals surface area contributed by atoms with Crippen LogP contribution >= 0.6 is 0 Å². The number of aromatic nitrogens is 6. The largest absolute Gasteiger partial charge is 0.457 e. The minimum Gasteiger partial charge on any atom is -0.457 e. The molecule has 0 aliphatic carbocycles. The van der Waals surface area contributed by atoms with Crippen LogP contribution in [-0.4, -0.2) is 53.5 Å². The number of anilines is 2. The highest BCUT2D eigenvalue weighted by Gasteiger charge is 2.44. The highest BCUT2D eigenvalue weighted by Crippen LogP contribution is 2.59. The zero-order valence-corrected chi connectivity index (χ0v) is 75.8. The summed E-state index contributed by atoms with van der Waals surface area (Å²) in [5, 5.41) is 2.71. The second-order valence-electron chi connectivity index (χ2n) is 41.6. The van der Waals surface area contributed by atoms with Gasteiger partial charge >= 0.3 is 0 Å². The van der Waals surface area contributed by atoms with Crippen LogP contribution in [0.3, 0.4) is 0 Å². The van der Waals surface area contributed by atoms with Gasteiger partial charge in [0, 0.05) is 67.9 Å². The van der Waals surface area contributed by atoms with E-state index in [1.54, 1.807) is 73.3 Å². The van der Waals surface area contributed by atoms with Crippen molar-refractivity contribution in [3.8, 4) is 91.5 Å². The molecule has 2 aliphatic heterocycles. The Hall–Kier alpha value is -13.3. The van der Waals surface area contributed by atoms with Crippen molar-refractivity contribution in [2.45, 2.75) is 186 Å². The number of amides is 4. The number of nitrogens with zero attached hydrogens (tertiary/aromatic N) is 8. The van der Waals surface area contributed by atoms with Crippen molar-refractivity contribution in [1.82, 2.24) is 29.9 Å². The lowest BCUT2D eigenvalue weighted by atomic mass is 9.72. The van der Waals surface area contributed by atoms with Crippen LogP contribution in [0, 0.1) is 21.7 Å². The minimum atomic E-state index is -0.681. The second-order valence-corrected chi connectivity index (χ2v) is 41.6. The van der Waals surface area contributed by atoms with Crippen LogP contribution in [0.15, 0.2) is 243 Å². The smallest absolute Gasteiger partial charge is 0.266 e. The Morgan fingerprint density at radius 2 is 0.444 bits per heavy atom. The van der Waals surface area contributed by atoms with Crippen LogP contribution < -0.4 is 28.7 Å². The van der Waals surface area contributed by atoms with Gasteiger partial charge in [0.05, 0.1) is 79.2 Å². The summed E-state index contributed by atoms with van der Waals surface area (Å²) in [5.74, 6) is -0.410. The SMILES string of the molecule is CC(C)(C)CC(C)(C)c1ccc(Oc2cc3c4c(cc(Oc5ccc(C(C)(C)CC(C)(C)C)cc5)c5c6c(Oc7ccc(C(C)(C)CC(C)(C)C)cc7)cc7c8c(cc(Oc9ccc(C(C)(C)CC(C)(C)C)cc9)c(c2c45)c86)C(=O)N(c2cc(-c4ccccn4)nc(-c4ccccn4)c2)C7=O)C(=O)N(c2cc(-c4ccccn4)nc(-c4ccccn4)c2)C3=O)cc1. The van der Waals surface area contributed by atoms with E-state index in [-0.39, 0.29) is 111 Å². The van der Waals surface area contributed by atoms with Gasteiger partial charge in [0.25, 0.3) is 23.6 Å². The number of rotatable bonds is 22. The standard InChI is InChI=1S/C110H108N8O8/c1-103(2,3)61-107(13,14)65-33-41-71(42-34-65)123-87-57-75-91-76(100(120)117(99(75)119)69-53-83(79-29-21-25-49-111-79)115-84(54-69)80-30-22-26-50-112-80)59-89(125-73-45-37-67(38-46-73)109(17,18)63-105(7,8)9)95-96-90(126-74-47-39-68(40-48-74)110(19,20)64-106(10,11)12)60-78-92-77(58-88(94(98(92)96)93(87)97(91)95)124-72-43-35-66(36-44-72)108(15,16)62-104(4,5)6)101(121)118(102(78)122)70-55-85(81-31-23-27-51-113-81)116-86(56-70)82-32-24-28-52-114-82/h21-60H,61-64H2,1-20H3. The zero-order chi connectivity index (χ0) is 89.3. The Morgan fingerprint density at radius 1 is 0.238 bits per heavy atom. The van der Waals surface area contributed by atoms with E-state index in [1.165, 1.54) is 9.80 Å². The second kappa shape index (κ2) is 31.4. The molecule has 16 nitrogen and oxygen atoms in total. The molecule has 0 atom stereocenters. The summed E-state index contributed by atoms with van der Waals surface area (Å²) in [6.45, 7) is 44.9. The lowest BCUT2D eigenvalue weighted by molar-refractivity contribution is 0.0877. The molecule has 636 valence electrons. The zero-order valence-electron chi connectivity index (χ0n) is 75.8. The van der Waals surface area contributed by atoms with Gasteiger partial charge in [-0.05, 0) is 237 Å². The number of carbonyl (C=O) groups is 4. The van der Waals surface area contributed by atoms with E-state index in [1.807, 2.05) is 121 Å². The van der Waals surface area contributed by atoms with Gasteiger partial charge < -0.3 is 18.9 Å². The molecule has 0 saturated heterocycles. The van der Waals surface area contributed by atoms with Crippen LogP contribution in [-0.2, 0) is 21.7 Å². The maximum Gasteiger partial charge on any atom is 0.266 e. The Morgan fingerprint density at radius 3 is 0.627 bits per heavy atom. The predicted octanol–water partition coefficient (Wildman–Crippen LogP) is 28.4. The summed E-state index contributed by atoms with van der Waals surface area (Å²) in [6.07, 6.45) is 10.2. The van der Waals surface area contributed by atoms with Crippen LogP contribution in [0.5, 0.6) is 46.0 Å². The molecule has 2 aliphatic rings. The third-order valence-corrected chi connectivity index (χ3v) is 24.1. The van der Waals surface area contributed by atoms with Crippen LogP contribution in [0.4, 0.5) is 11.4 Å². The third-order valence-electron chi connectivity index (χ3n) is 24.1. The molecule has 0 radical (unpaired) electrons. The molecule has 0 saturated carbocycles. The fraction of sp³-hybridized carbons (Fsp3) is 0.291. The average molecular weight is 1670 g/mol. The Labute approximate surface area is 738 Å². The van der Waals surface area contributed by atoms with Crippen molar-refractivity contribution in [3.05, 3.63) is 288 Å². The van der Waals surface area contributed by atoms with E-state index in [9.17, 15) is 0 Å². The lowest BCUT2D eigenvalue weighted by Crippen LogP contribution is -2.41. The number of hydrogen-bond donors (Lipinski definition) is 0. The Kier molecular flexibility index (Phi) is 21.1. The van der Waals surface area contributed by atoms with Crippen molar-refractivity contribution in [2.24, 2.45) is 21.7 Å². The summed E-state index contributed by atoms with van der Waals surface area (Å²) in [7, 11) is 0. The molecule has 126 heavy (non-hydrogen) atoms. The monoisotopic (exact) mass is 1670 g/mol. The molecule has 0 fully saturated rings. The molecule has 0 bridgehead atoms. The fourth-order valence-electron chi connectivity index (χ4n) is 20.3. The topological polar surface area (TPSA) is 189 Å². The van der Waals surface area contributed by atoms with Gasteiger partial charge in [-0.2, -0.15) is 0 Å². The molecule has 6 aromatic heterocycles. The first kappa shape index (κ1) is 84.9. The van der Waals surface area contributed by atoms with Crippen molar-refractivity contribution in [3.63, 3.8) is 0 Å². The fourth-order valence-corrected chi connectivity index (χ4v) is 20.3. The normalized spacial score (nSPS) is 13.7. The van der Waals surface area contributed by atoms with Crippen LogP contribution in [0.25, 0.3) is 88.6 Å². The predicted molar refractivity (Wildman–Crippen MR) is 506 cm³/mol. The van der Waals surface area contributed by atoms with Gasteiger partial charge in [-0.15, -0.1) is 0 Å². The van der Waals surface area contributed by atoms with Gasteiger partial charge in [0.1, 0.15) is 46.0 Å². The molecule has 0 unspecified atom stereocenters. The molecular weight excluding hydrogens is 1560 g/mol. The van der Waals surface area contributed by atoms with Crippen molar-refractivity contribution < 1.29 is 38.1 Å². The van der Waals surface area contributed by atoms with E-state index in [0.29, 0.717) is 101 Å². The average Bonchev–Trinajstić information content (AvgIpc) is 0.668. The molecule has 0 spiro atoms. The van der Waals surface area contributed by atoms with Gasteiger partial charge in [0.15, 0.2) is 0 Å². The molecule has 9 aromatic carbocycles. The summed E-state index contributed by atoms with van der Waals surface area (Å²) < 4.78 is 30.7. The summed E-state index contributed by atoms with van der Waals surface area (Å²) in [4.78, 5) is 99.8. The van der Waals surface area contributed by atoms with Crippen LogP contribution in [0.2, 0.25) is 0 Å². The van der Waals surface area contributed by atoms with Crippen molar-refractivity contribution in [2.75, 3.05) is 9.80 Å². The quantitative estimate of drug-likeness (QED) is 0.0354. The first-order valence-corrected chi connectivity index (χ1v) is 43.5. The van der Waals surface area contributed by atoms with E-state index in [4.69, 9.17) is 48.9 Å². The first-order valence-electron chi connectivity index (χ1n) is 43.5. The molecular formula is C110H108N8O8. The van der Waals surface area contributed by atoms with E-state index < -0.39 is 23.6 Å². The van der Waals surface area contributed by atoms with E-state index >= 15 is 19.2 Å². The number of imide groups is 2. The summed E-state index contributed by atoms with van der Waals surface area (Å²) in [6, 6.07) is 68.0. The first-order chi connectivity index (χ1) is 59.5. The molecule has 8 heterocycles. The summed E-state index contributed by atoms with van der Waals surface area (Å²) >= 11 is 0. The number of fused-ring (bicyclic) bond motifs is 2. The maximum absolute atomic E-state index is 17.1. The molecule has 4 amide bonds. The van der Waals surface area contributed by atoms with E-state index in [0.717, 1.165) is 47.9 Å². The highest BCUT2D eigenvalue weighted by molar-refractivity contribution is 6.48. The van der Waals surface area contributed by atoms with E-state index in [2.05, 4.69) is 187 Å². The van der Waals surface area contributed by atoms with Gasteiger partial charge in [0.2, 0.25) is 0 Å². The number of ether oxygens (including phenoxy) is 4. The van der Waals surface area contributed by atoms with Crippen molar-refractivity contribution >= 4 is 78.1 Å².